The van der Waals surface area contributed by atoms with Gasteiger partial charge in [0, 0.05) is 47.5 Å². The molecule has 0 aliphatic rings. The number of nitrogens with zero attached hydrogens (tertiary/aromatic N) is 2. The first-order valence-electron chi connectivity index (χ1n) is 19.8. The van der Waals surface area contributed by atoms with Crippen LogP contribution in [0.5, 0.6) is 0 Å². The van der Waals surface area contributed by atoms with Crippen LogP contribution < -0.4 is 0 Å². The maximum Gasteiger partial charge on any atom is 0.150 e. The van der Waals surface area contributed by atoms with Crippen LogP contribution in [-0.4, -0.2) is 9.97 Å². The van der Waals surface area contributed by atoms with Gasteiger partial charge in [0.15, 0.2) is 5.15 Å². The van der Waals surface area contributed by atoms with Crippen molar-refractivity contribution < 1.29 is 4.42 Å². The molecule has 0 atom stereocenters. The molecule has 3 aromatic heterocycles. The lowest BCUT2D eigenvalue weighted by molar-refractivity contribution is 0.670. The quantitative estimate of drug-likeness (QED) is 0.178. The fraction of sp³-hybridized carbons (Fsp3) is 0.0741. The second-order valence-corrected chi connectivity index (χ2v) is 16.6. The van der Waals surface area contributed by atoms with Gasteiger partial charge in [-0.3, -0.25) is 0 Å². The maximum atomic E-state index is 6.80. The van der Waals surface area contributed by atoms with E-state index in [-0.39, 0.29) is 0 Å². The Labute approximate surface area is 351 Å². The molecule has 11 rings (SSSR count). The zero-order valence-electron chi connectivity index (χ0n) is 33.2. The van der Waals surface area contributed by atoms with Gasteiger partial charge in [0.25, 0.3) is 0 Å². The van der Waals surface area contributed by atoms with Gasteiger partial charge in [-0.25, -0.2) is 9.97 Å². The second-order valence-electron chi connectivity index (χ2n) is 15.2. The molecular weight excluding hydrogens is 760 g/mol. The summed E-state index contributed by atoms with van der Waals surface area (Å²) in [6.45, 7) is 12.1. The molecule has 0 saturated carbocycles. The molecule has 3 heterocycles. The van der Waals surface area contributed by atoms with Gasteiger partial charge in [-0.2, -0.15) is 0 Å². The van der Waals surface area contributed by atoms with Crippen LogP contribution in [0.15, 0.2) is 157 Å². The normalized spacial score (nSPS) is 11.5. The van der Waals surface area contributed by atoms with Gasteiger partial charge in [0.05, 0.1) is 17.1 Å². The van der Waals surface area contributed by atoms with Gasteiger partial charge < -0.3 is 4.42 Å². The number of aryl methyl sites for hydroxylation is 4. The van der Waals surface area contributed by atoms with E-state index < -0.39 is 0 Å². The minimum Gasteiger partial charge on any atom is -0.455 e. The van der Waals surface area contributed by atoms with Gasteiger partial charge in [0.1, 0.15) is 11.2 Å². The van der Waals surface area contributed by atoms with Crippen molar-refractivity contribution in [2.75, 3.05) is 0 Å². The number of benzene rings is 8. The van der Waals surface area contributed by atoms with Gasteiger partial charge in [0.2, 0.25) is 0 Å². The largest absolute Gasteiger partial charge is 0.455 e. The van der Waals surface area contributed by atoms with Gasteiger partial charge in [-0.05, 0) is 108 Å². The van der Waals surface area contributed by atoms with Crippen LogP contribution in [-0.2, 0) is 0 Å². The van der Waals surface area contributed by atoms with E-state index in [4.69, 9.17) is 16.0 Å². The zero-order valence-corrected chi connectivity index (χ0v) is 34.8. The Morgan fingerprint density at radius 2 is 1.20 bits per heavy atom. The molecule has 0 amide bonds. The van der Waals surface area contributed by atoms with E-state index in [0.29, 0.717) is 5.15 Å². The molecule has 0 aliphatic heterocycles. The summed E-state index contributed by atoms with van der Waals surface area (Å²) < 4.78 is 9.46. The SMILES string of the molecule is C=Cc1nc(Cl)c(C)nc1-c1ccccc1C.Cc1ccc(-c2ccc3c(c2)sc2ccccc23)cc1-c1c(C)c2oc3c4ccccc4ccc3c2c2ccccc12. The summed E-state index contributed by atoms with van der Waals surface area (Å²) in [6.07, 6.45) is 1.68. The summed E-state index contributed by atoms with van der Waals surface area (Å²) in [6, 6.07) is 52.3. The standard InChI is InChI=1S/C40H26OS.C14H13ClN2/c1-23-15-16-26(27-18-19-30-29-11-7-8-14-35(29)42-36(30)22-27)21-34(23)37-24(2)39-38(32-13-6-5-12-31(32)37)33-20-17-25-9-3-4-10-28(25)40(33)41-39;1-4-12-13(16-10(3)14(15)17-12)11-8-6-5-7-9(11)2/h3-22H,1-2H3;4-8H,1H2,2-3H3. The summed E-state index contributed by atoms with van der Waals surface area (Å²) >= 11 is 7.84. The number of rotatable bonds is 4. The fourth-order valence-corrected chi connectivity index (χ4v) is 9.88. The van der Waals surface area contributed by atoms with Gasteiger partial charge in [-0.1, -0.05) is 140 Å². The third kappa shape index (κ3) is 6.19. The number of thiophene rings is 1. The summed E-state index contributed by atoms with van der Waals surface area (Å²) in [5, 5.41) is 10.3. The minimum atomic E-state index is 0.428. The Kier molecular flexibility index (Phi) is 9.12. The number of hydrogen-bond donors (Lipinski definition) is 0. The molecule has 5 heteroatoms. The predicted octanol–water partition coefficient (Wildman–Crippen LogP) is 16.3. The van der Waals surface area contributed by atoms with Crippen LogP contribution in [0.3, 0.4) is 0 Å². The van der Waals surface area contributed by atoms with E-state index in [1.165, 1.54) is 80.5 Å². The summed E-state index contributed by atoms with van der Waals surface area (Å²) in [7, 11) is 0. The van der Waals surface area contributed by atoms with Crippen LogP contribution in [0.1, 0.15) is 28.1 Å². The highest BCUT2D eigenvalue weighted by Crippen LogP contribution is 2.46. The van der Waals surface area contributed by atoms with Crippen molar-refractivity contribution in [1.29, 1.82) is 0 Å². The molecule has 0 bridgehead atoms. The second kappa shape index (κ2) is 14.7. The van der Waals surface area contributed by atoms with Crippen LogP contribution in [0, 0.1) is 27.7 Å². The lowest BCUT2D eigenvalue weighted by Crippen LogP contribution is -1.97. The molecule has 3 nitrogen and oxygen atoms in total. The van der Waals surface area contributed by atoms with Crippen molar-refractivity contribution >= 4 is 92.7 Å². The third-order valence-corrected chi connectivity index (χ3v) is 13.1. The molecular formula is C54H39ClN2OS. The van der Waals surface area contributed by atoms with Crippen LogP contribution in [0.4, 0.5) is 0 Å². The Morgan fingerprint density at radius 3 is 2.02 bits per heavy atom. The Balaban J connectivity index is 0.000000208. The molecule has 0 unspecified atom stereocenters. The van der Waals surface area contributed by atoms with E-state index in [1.807, 2.05) is 49.4 Å². The van der Waals surface area contributed by atoms with E-state index in [9.17, 15) is 0 Å². The van der Waals surface area contributed by atoms with E-state index in [0.717, 1.165) is 44.8 Å². The van der Waals surface area contributed by atoms with Crippen molar-refractivity contribution in [3.8, 4) is 33.5 Å². The Hall–Kier alpha value is -6.59. The van der Waals surface area contributed by atoms with Crippen LogP contribution >= 0.6 is 22.9 Å². The van der Waals surface area contributed by atoms with Crippen molar-refractivity contribution in [2.45, 2.75) is 27.7 Å². The number of hydrogen-bond acceptors (Lipinski definition) is 4. The average Bonchev–Trinajstić information content (AvgIpc) is 3.85. The van der Waals surface area contributed by atoms with Crippen molar-refractivity contribution in [1.82, 2.24) is 9.97 Å². The number of fused-ring (bicyclic) bond motifs is 10. The molecule has 0 saturated heterocycles. The highest BCUT2D eigenvalue weighted by atomic mass is 35.5. The maximum absolute atomic E-state index is 6.80. The van der Waals surface area contributed by atoms with Crippen molar-refractivity contribution in [3.05, 3.63) is 185 Å². The molecule has 0 aliphatic carbocycles. The Morgan fingerprint density at radius 1 is 0.559 bits per heavy atom. The first-order chi connectivity index (χ1) is 28.8. The highest BCUT2D eigenvalue weighted by molar-refractivity contribution is 7.25. The van der Waals surface area contributed by atoms with Crippen molar-refractivity contribution in [2.24, 2.45) is 0 Å². The Bertz CT molecular complexity index is 3480. The highest BCUT2D eigenvalue weighted by Gasteiger charge is 2.21. The van der Waals surface area contributed by atoms with Gasteiger partial charge in [-0.15, -0.1) is 11.3 Å². The predicted molar refractivity (Wildman–Crippen MR) is 254 cm³/mol. The molecule has 0 fully saturated rings. The summed E-state index contributed by atoms with van der Waals surface area (Å²) in [5.41, 5.74) is 13.9. The molecule has 8 aromatic carbocycles. The molecule has 0 N–H and O–H groups in total. The number of halogens is 1. The molecule has 0 radical (unpaired) electrons. The fourth-order valence-electron chi connectivity index (χ4n) is 8.60. The number of aromatic nitrogens is 2. The van der Waals surface area contributed by atoms with E-state index in [1.54, 1.807) is 6.08 Å². The zero-order chi connectivity index (χ0) is 40.4. The lowest BCUT2D eigenvalue weighted by Gasteiger charge is -2.16. The van der Waals surface area contributed by atoms with Gasteiger partial charge >= 0.3 is 0 Å². The number of furan rings is 1. The summed E-state index contributed by atoms with van der Waals surface area (Å²) in [4.78, 5) is 8.80. The van der Waals surface area contributed by atoms with Crippen LogP contribution in [0.25, 0.3) is 103 Å². The van der Waals surface area contributed by atoms with E-state index >= 15 is 0 Å². The lowest BCUT2D eigenvalue weighted by atomic mass is 9.87. The topological polar surface area (TPSA) is 38.9 Å². The molecule has 11 aromatic rings. The smallest absolute Gasteiger partial charge is 0.150 e. The monoisotopic (exact) mass is 798 g/mol. The minimum absolute atomic E-state index is 0.428. The third-order valence-electron chi connectivity index (χ3n) is 11.6. The first-order valence-corrected chi connectivity index (χ1v) is 21.0. The van der Waals surface area contributed by atoms with Crippen LogP contribution in [0.2, 0.25) is 5.15 Å². The molecule has 284 valence electrons. The molecule has 59 heavy (non-hydrogen) atoms. The van der Waals surface area contributed by atoms with E-state index in [2.05, 4.69) is 152 Å². The average molecular weight is 799 g/mol. The summed E-state index contributed by atoms with van der Waals surface area (Å²) in [5.74, 6) is 0. The molecule has 0 spiro atoms. The van der Waals surface area contributed by atoms with Crippen molar-refractivity contribution in [3.63, 3.8) is 0 Å². The first kappa shape index (κ1) is 36.7.